The molecule has 0 saturated carbocycles. The van der Waals surface area contributed by atoms with Crippen molar-refractivity contribution in [3.8, 4) is 0 Å². The third-order valence-corrected chi connectivity index (χ3v) is 4.59. The highest BCUT2D eigenvalue weighted by Gasteiger charge is 2.26. The minimum Gasteiger partial charge on any atom is -0.377 e. The summed E-state index contributed by atoms with van der Waals surface area (Å²) >= 11 is 0. The van der Waals surface area contributed by atoms with Gasteiger partial charge in [0.05, 0.1) is 11.9 Å². The van der Waals surface area contributed by atoms with Crippen LogP contribution < -0.4 is 0 Å². The van der Waals surface area contributed by atoms with Crippen LogP contribution >= 0.6 is 0 Å². The summed E-state index contributed by atoms with van der Waals surface area (Å²) in [6.45, 7) is 4.29. The van der Waals surface area contributed by atoms with Gasteiger partial charge in [0, 0.05) is 12.5 Å². The van der Waals surface area contributed by atoms with Gasteiger partial charge < -0.3 is 4.74 Å². The number of carbonyl (C=O) groups is 1. The lowest BCUT2D eigenvalue weighted by Crippen LogP contribution is -2.28. The van der Waals surface area contributed by atoms with Gasteiger partial charge in [-0.3, -0.25) is 4.79 Å². The first-order valence-electron chi connectivity index (χ1n) is 5.79. The maximum atomic E-state index is 11.7. The molecule has 0 amide bonds. The largest absolute Gasteiger partial charge is 0.377 e. The third-order valence-electron chi connectivity index (χ3n) is 2.99. The minimum absolute atomic E-state index is 0.00479. The lowest BCUT2D eigenvalue weighted by molar-refractivity contribution is -0.119. The van der Waals surface area contributed by atoms with Crippen LogP contribution in [0, 0.1) is 5.92 Å². The van der Waals surface area contributed by atoms with E-state index in [4.69, 9.17) is 4.74 Å². The maximum absolute atomic E-state index is 11.7. The van der Waals surface area contributed by atoms with Crippen molar-refractivity contribution in [3.63, 3.8) is 0 Å². The summed E-state index contributed by atoms with van der Waals surface area (Å²) in [7, 11) is -3.29. The Morgan fingerprint density at radius 2 is 2.19 bits per heavy atom. The molecule has 0 spiro atoms. The second-order valence-corrected chi connectivity index (χ2v) is 6.57. The first-order chi connectivity index (χ1) is 7.44. The summed E-state index contributed by atoms with van der Waals surface area (Å²) in [6, 6.07) is 0. The molecule has 0 bridgehead atoms. The van der Waals surface area contributed by atoms with Gasteiger partial charge >= 0.3 is 0 Å². The van der Waals surface area contributed by atoms with E-state index in [0.29, 0.717) is 13.0 Å². The third kappa shape index (κ3) is 4.22. The topological polar surface area (TPSA) is 60.4 Å². The molecule has 2 unspecified atom stereocenters. The molecule has 1 heterocycles. The van der Waals surface area contributed by atoms with Crippen LogP contribution in [0.3, 0.4) is 0 Å². The van der Waals surface area contributed by atoms with E-state index in [-0.39, 0.29) is 29.3 Å². The van der Waals surface area contributed by atoms with Crippen LogP contribution in [0.4, 0.5) is 0 Å². The summed E-state index contributed by atoms with van der Waals surface area (Å²) in [6.07, 6.45) is 2.19. The Labute approximate surface area is 97.3 Å². The predicted octanol–water partition coefficient (Wildman–Crippen LogP) is 1.20. The second-order valence-electron chi connectivity index (χ2n) is 4.47. The Bertz CT molecular complexity index is 328. The van der Waals surface area contributed by atoms with E-state index < -0.39 is 9.84 Å². The zero-order valence-corrected chi connectivity index (χ0v) is 10.8. The zero-order valence-electron chi connectivity index (χ0n) is 9.94. The molecule has 1 aliphatic rings. The molecule has 94 valence electrons. The molecule has 1 aliphatic heterocycles. The van der Waals surface area contributed by atoms with Crippen LogP contribution in [-0.2, 0) is 19.4 Å². The summed E-state index contributed by atoms with van der Waals surface area (Å²) in [5.74, 6) is -0.684. The molecule has 0 aromatic carbocycles. The van der Waals surface area contributed by atoms with Crippen molar-refractivity contribution in [2.24, 2.45) is 5.92 Å². The van der Waals surface area contributed by atoms with Crippen molar-refractivity contribution in [2.45, 2.75) is 39.2 Å². The number of hydrogen-bond acceptors (Lipinski definition) is 4. The number of ether oxygens (including phenoxy) is 1. The van der Waals surface area contributed by atoms with Crippen molar-refractivity contribution in [1.82, 2.24) is 0 Å². The molecular formula is C11H20O4S. The molecule has 1 saturated heterocycles. The van der Waals surface area contributed by atoms with Crippen molar-refractivity contribution >= 4 is 15.6 Å². The number of rotatable bonds is 6. The van der Waals surface area contributed by atoms with E-state index in [9.17, 15) is 13.2 Å². The first-order valence-corrected chi connectivity index (χ1v) is 7.61. The Hall–Kier alpha value is -0.420. The highest BCUT2D eigenvalue weighted by atomic mass is 32.2. The van der Waals surface area contributed by atoms with Crippen LogP contribution in [0.5, 0.6) is 0 Å². The predicted molar refractivity (Wildman–Crippen MR) is 62.1 cm³/mol. The molecule has 16 heavy (non-hydrogen) atoms. The van der Waals surface area contributed by atoms with Crippen molar-refractivity contribution in [1.29, 1.82) is 0 Å². The number of carbonyl (C=O) groups excluding carboxylic acids is 1. The van der Waals surface area contributed by atoms with Crippen LogP contribution in [0.15, 0.2) is 0 Å². The highest BCUT2D eigenvalue weighted by Crippen LogP contribution is 2.15. The summed E-state index contributed by atoms with van der Waals surface area (Å²) in [5, 5.41) is 0. The summed E-state index contributed by atoms with van der Waals surface area (Å²) in [5.41, 5.74) is 0. The van der Waals surface area contributed by atoms with Gasteiger partial charge in [-0.05, 0) is 19.3 Å². The fourth-order valence-corrected chi connectivity index (χ4v) is 3.37. The van der Waals surface area contributed by atoms with Crippen LogP contribution in [0.1, 0.15) is 33.1 Å². The minimum atomic E-state index is -3.29. The average molecular weight is 248 g/mol. The number of ketones is 1. The fraction of sp³-hybridized carbons (Fsp3) is 0.909. The van der Waals surface area contributed by atoms with Gasteiger partial charge in [0.2, 0.25) is 0 Å². The lowest BCUT2D eigenvalue weighted by atomic mass is 10.1. The van der Waals surface area contributed by atoms with Gasteiger partial charge in [-0.15, -0.1) is 0 Å². The van der Waals surface area contributed by atoms with Gasteiger partial charge in [-0.25, -0.2) is 8.42 Å². The van der Waals surface area contributed by atoms with E-state index in [1.165, 1.54) is 0 Å². The Kier molecular flexibility index (Phi) is 4.92. The highest BCUT2D eigenvalue weighted by molar-refractivity contribution is 7.92. The van der Waals surface area contributed by atoms with E-state index in [1.54, 1.807) is 6.92 Å². The molecule has 5 heteroatoms. The van der Waals surface area contributed by atoms with Gasteiger partial charge in [0.15, 0.2) is 15.6 Å². The standard InChI is InChI=1S/C11H20O4S/c1-3-9(2)11(12)8-16(13,14)7-10-5-4-6-15-10/h9-10H,3-8H2,1-2H3. The van der Waals surface area contributed by atoms with E-state index in [1.807, 2.05) is 6.92 Å². The number of Topliss-reactive ketones (excluding diaryl/α,β-unsaturated/α-hetero) is 1. The van der Waals surface area contributed by atoms with Crippen molar-refractivity contribution in [2.75, 3.05) is 18.1 Å². The molecule has 2 atom stereocenters. The number of hydrogen-bond donors (Lipinski definition) is 0. The van der Waals surface area contributed by atoms with Gasteiger partial charge in [-0.2, -0.15) is 0 Å². The smallest absolute Gasteiger partial charge is 0.159 e. The molecule has 0 aliphatic carbocycles. The maximum Gasteiger partial charge on any atom is 0.159 e. The molecule has 0 radical (unpaired) electrons. The van der Waals surface area contributed by atoms with Crippen LogP contribution in [-0.4, -0.2) is 38.4 Å². The van der Waals surface area contributed by atoms with Crippen molar-refractivity contribution < 1.29 is 17.9 Å². The molecule has 0 aromatic heterocycles. The Balaban J connectivity index is 2.47. The summed E-state index contributed by atoms with van der Waals surface area (Å²) < 4.78 is 28.7. The van der Waals surface area contributed by atoms with Crippen LogP contribution in [0.2, 0.25) is 0 Å². The molecule has 0 aromatic rings. The molecular weight excluding hydrogens is 228 g/mol. The Morgan fingerprint density at radius 1 is 1.50 bits per heavy atom. The SMILES string of the molecule is CCC(C)C(=O)CS(=O)(=O)CC1CCCO1. The molecule has 0 N–H and O–H groups in total. The van der Waals surface area contributed by atoms with Gasteiger partial charge in [0.1, 0.15) is 5.75 Å². The first kappa shape index (κ1) is 13.6. The average Bonchev–Trinajstić information content (AvgIpc) is 2.67. The summed E-state index contributed by atoms with van der Waals surface area (Å²) in [4.78, 5) is 11.5. The fourth-order valence-electron chi connectivity index (χ4n) is 1.70. The van der Waals surface area contributed by atoms with E-state index in [0.717, 1.165) is 12.8 Å². The second kappa shape index (κ2) is 5.77. The van der Waals surface area contributed by atoms with Crippen LogP contribution in [0.25, 0.3) is 0 Å². The lowest BCUT2D eigenvalue weighted by Gasteiger charge is -2.11. The van der Waals surface area contributed by atoms with Gasteiger partial charge in [0.25, 0.3) is 0 Å². The van der Waals surface area contributed by atoms with Gasteiger partial charge in [-0.1, -0.05) is 13.8 Å². The zero-order chi connectivity index (χ0) is 12.2. The van der Waals surface area contributed by atoms with E-state index >= 15 is 0 Å². The molecule has 1 fully saturated rings. The van der Waals surface area contributed by atoms with Crippen molar-refractivity contribution in [3.05, 3.63) is 0 Å². The quantitative estimate of drug-likeness (QED) is 0.708. The normalized spacial score (nSPS) is 23.2. The molecule has 4 nitrogen and oxygen atoms in total. The Morgan fingerprint density at radius 3 is 2.69 bits per heavy atom. The molecule has 1 rings (SSSR count). The monoisotopic (exact) mass is 248 g/mol. The number of sulfone groups is 1. The van der Waals surface area contributed by atoms with E-state index in [2.05, 4.69) is 0 Å².